The molecule has 0 aliphatic carbocycles. The molecule has 1 N–H and O–H groups in total. The van der Waals surface area contributed by atoms with Crippen molar-refractivity contribution in [3.05, 3.63) is 29.8 Å². The zero-order chi connectivity index (χ0) is 9.19. The van der Waals surface area contributed by atoms with Gasteiger partial charge in [0.25, 0.3) is 10.1 Å². The van der Waals surface area contributed by atoms with Crippen LogP contribution in [0, 0.1) is 0 Å². The molecule has 0 aliphatic heterocycles. The molecule has 0 aliphatic rings. The van der Waals surface area contributed by atoms with Gasteiger partial charge in [-0.15, -0.1) is 0 Å². The predicted molar refractivity (Wildman–Crippen MR) is 54.2 cm³/mol. The summed E-state index contributed by atoms with van der Waals surface area (Å²) in [5.74, 6) is 0. The van der Waals surface area contributed by atoms with Crippen molar-refractivity contribution in [2.24, 2.45) is 0 Å². The van der Waals surface area contributed by atoms with Gasteiger partial charge in [0, 0.05) is 0 Å². The van der Waals surface area contributed by atoms with Crippen LogP contribution in [0.5, 0.6) is 0 Å². The average molecular weight is 228 g/mol. The third kappa shape index (κ3) is 3.95. The third-order valence-electron chi connectivity index (χ3n) is 1.63. The topological polar surface area (TPSA) is 54.4 Å². The molecule has 5 heteroatoms. The van der Waals surface area contributed by atoms with Crippen molar-refractivity contribution in [3.8, 4) is 0 Å². The summed E-state index contributed by atoms with van der Waals surface area (Å²) in [7, 11) is -4.03. The molecule has 1 aromatic rings. The molecule has 0 saturated heterocycles. The van der Waals surface area contributed by atoms with Crippen LogP contribution in [0.15, 0.2) is 29.2 Å². The Balaban J connectivity index is 0.00000144. The van der Waals surface area contributed by atoms with Crippen molar-refractivity contribution in [2.75, 3.05) is 0 Å². The molecular formula is C8H12CaO3S. The zero-order valence-electron chi connectivity index (χ0n) is 6.69. The van der Waals surface area contributed by atoms with E-state index in [1.54, 1.807) is 12.1 Å². The Labute approximate surface area is 108 Å². The molecule has 70 valence electrons. The van der Waals surface area contributed by atoms with E-state index in [-0.39, 0.29) is 42.6 Å². The first-order chi connectivity index (χ1) is 5.54. The Kier molecular flexibility index (Phi) is 5.47. The standard InChI is InChI=1S/C8H10O3S.Ca.2H/c1-2-7-3-5-8(6-4-7)12(9,10)11;;;/h3-6H,2H2,1H3,(H,9,10,11);;;. The third-order valence-corrected chi connectivity index (χ3v) is 2.50. The summed E-state index contributed by atoms with van der Waals surface area (Å²) in [6.07, 6.45) is 0.853. The second-order valence-electron chi connectivity index (χ2n) is 2.47. The SMILES string of the molecule is CCc1ccc(S(=O)(=O)O)cc1.[CaH2]. The van der Waals surface area contributed by atoms with E-state index >= 15 is 0 Å². The summed E-state index contributed by atoms with van der Waals surface area (Å²) in [5.41, 5.74) is 1.04. The van der Waals surface area contributed by atoms with E-state index in [1.165, 1.54) is 12.1 Å². The van der Waals surface area contributed by atoms with Gasteiger partial charge >= 0.3 is 37.7 Å². The molecule has 0 saturated carbocycles. The van der Waals surface area contributed by atoms with Crippen LogP contribution in [0.25, 0.3) is 0 Å². The Morgan fingerprint density at radius 3 is 2.00 bits per heavy atom. The quantitative estimate of drug-likeness (QED) is 0.595. The summed E-state index contributed by atoms with van der Waals surface area (Å²) in [6.45, 7) is 1.97. The molecule has 0 radical (unpaired) electrons. The van der Waals surface area contributed by atoms with Gasteiger partial charge in [-0.25, -0.2) is 0 Å². The molecule has 0 fully saturated rings. The summed E-state index contributed by atoms with van der Waals surface area (Å²) in [5, 5.41) is 0. The van der Waals surface area contributed by atoms with Gasteiger partial charge in [-0.05, 0) is 24.1 Å². The van der Waals surface area contributed by atoms with Crippen LogP contribution in [0.3, 0.4) is 0 Å². The van der Waals surface area contributed by atoms with Crippen molar-refractivity contribution in [1.82, 2.24) is 0 Å². The summed E-state index contributed by atoms with van der Waals surface area (Å²) < 4.78 is 29.8. The number of aryl methyl sites for hydroxylation is 1. The van der Waals surface area contributed by atoms with Crippen molar-refractivity contribution in [2.45, 2.75) is 18.2 Å². The summed E-state index contributed by atoms with van der Waals surface area (Å²) >= 11 is 0. The number of benzene rings is 1. The van der Waals surface area contributed by atoms with Crippen molar-refractivity contribution in [3.63, 3.8) is 0 Å². The van der Waals surface area contributed by atoms with E-state index in [0.29, 0.717) is 0 Å². The van der Waals surface area contributed by atoms with E-state index in [9.17, 15) is 8.42 Å². The van der Waals surface area contributed by atoms with E-state index in [0.717, 1.165) is 12.0 Å². The van der Waals surface area contributed by atoms with Gasteiger partial charge in [0.2, 0.25) is 0 Å². The van der Waals surface area contributed by atoms with Crippen molar-refractivity contribution in [1.29, 1.82) is 0 Å². The van der Waals surface area contributed by atoms with Gasteiger partial charge in [0.1, 0.15) is 0 Å². The minimum absolute atomic E-state index is 0. The fraction of sp³-hybridized carbons (Fsp3) is 0.250. The molecule has 13 heavy (non-hydrogen) atoms. The van der Waals surface area contributed by atoms with Crippen LogP contribution in [-0.4, -0.2) is 50.7 Å². The molecule has 1 rings (SSSR count). The van der Waals surface area contributed by atoms with Gasteiger partial charge in [-0.2, -0.15) is 8.42 Å². The van der Waals surface area contributed by atoms with Gasteiger partial charge in [0.15, 0.2) is 0 Å². The van der Waals surface area contributed by atoms with E-state index in [2.05, 4.69) is 0 Å². The number of hydrogen-bond donors (Lipinski definition) is 1. The Morgan fingerprint density at radius 2 is 1.69 bits per heavy atom. The van der Waals surface area contributed by atoms with Crippen LogP contribution in [-0.2, 0) is 16.5 Å². The van der Waals surface area contributed by atoms with Gasteiger partial charge in [0.05, 0.1) is 4.90 Å². The monoisotopic (exact) mass is 228 g/mol. The molecule has 3 nitrogen and oxygen atoms in total. The fourth-order valence-corrected chi connectivity index (χ4v) is 1.38. The predicted octanol–water partition coefficient (Wildman–Crippen LogP) is 0.579. The van der Waals surface area contributed by atoms with Crippen LogP contribution in [0.4, 0.5) is 0 Å². The molecule has 0 heterocycles. The average Bonchev–Trinajstić information content (AvgIpc) is 2.03. The van der Waals surface area contributed by atoms with Crippen LogP contribution in [0.1, 0.15) is 12.5 Å². The zero-order valence-corrected chi connectivity index (χ0v) is 7.50. The Morgan fingerprint density at radius 1 is 1.23 bits per heavy atom. The second-order valence-corrected chi connectivity index (χ2v) is 3.89. The van der Waals surface area contributed by atoms with E-state index < -0.39 is 10.1 Å². The van der Waals surface area contributed by atoms with Crippen LogP contribution >= 0.6 is 0 Å². The van der Waals surface area contributed by atoms with Crippen molar-refractivity contribution < 1.29 is 13.0 Å². The minimum atomic E-state index is -4.03. The van der Waals surface area contributed by atoms with Gasteiger partial charge in [-0.3, -0.25) is 4.55 Å². The van der Waals surface area contributed by atoms with E-state index in [1.807, 2.05) is 6.92 Å². The van der Waals surface area contributed by atoms with Crippen LogP contribution in [0.2, 0.25) is 0 Å². The number of hydrogen-bond acceptors (Lipinski definition) is 2. The normalized spacial score (nSPS) is 10.6. The molecular weight excluding hydrogens is 216 g/mol. The first kappa shape index (κ1) is 13.4. The second kappa shape index (κ2) is 5.32. The molecule has 0 spiro atoms. The molecule has 0 aromatic heterocycles. The summed E-state index contributed by atoms with van der Waals surface area (Å²) in [6, 6.07) is 6.16. The van der Waals surface area contributed by atoms with Crippen LogP contribution < -0.4 is 0 Å². The number of rotatable bonds is 2. The first-order valence-electron chi connectivity index (χ1n) is 3.60. The first-order valence-corrected chi connectivity index (χ1v) is 5.04. The summed E-state index contributed by atoms with van der Waals surface area (Å²) in [4.78, 5) is -0.0558. The van der Waals surface area contributed by atoms with Crippen molar-refractivity contribution >= 4 is 47.9 Å². The fourth-order valence-electron chi connectivity index (χ4n) is 0.897. The molecule has 0 amide bonds. The molecule has 0 atom stereocenters. The Bertz CT molecular complexity index is 355. The van der Waals surface area contributed by atoms with E-state index in [4.69, 9.17) is 4.55 Å². The van der Waals surface area contributed by atoms with Gasteiger partial charge < -0.3 is 0 Å². The molecule has 0 unspecified atom stereocenters. The Hall–Kier alpha value is 0.390. The molecule has 0 bridgehead atoms. The molecule has 1 aromatic carbocycles. The maximum atomic E-state index is 10.6. The maximum absolute atomic E-state index is 10.6. The van der Waals surface area contributed by atoms with Gasteiger partial charge in [-0.1, -0.05) is 19.1 Å².